The molecule has 0 atom stereocenters. The van der Waals surface area contributed by atoms with Gasteiger partial charge in [-0.1, -0.05) is 42.5 Å². The summed E-state index contributed by atoms with van der Waals surface area (Å²) in [4.78, 5) is 25.0. The second kappa shape index (κ2) is 8.57. The van der Waals surface area contributed by atoms with E-state index < -0.39 is 5.97 Å². The molecule has 1 heterocycles. The van der Waals surface area contributed by atoms with Crippen LogP contribution in [0.3, 0.4) is 0 Å². The Morgan fingerprint density at radius 3 is 2.32 bits per heavy atom. The Morgan fingerprint density at radius 2 is 1.61 bits per heavy atom. The quantitative estimate of drug-likeness (QED) is 0.457. The van der Waals surface area contributed by atoms with E-state index in [9.17, 15) is 9.59 Å². The Bertz CT molecular complexity index is 989. The van der Waals surface area contributed by atoms with Crippen LogP contribution in [0.15, 0.2) is 60.7 Å². The molecule has 0 amide bonds. The molecular formula is C23H23NO4. The predicted octanol–water partition coefficient (Wildman–Crippen LogP) is 4.20. The average molecular weight is 377 g/mol. The summed E-state index contributed by atoms with van der Waals surface area (Å²) in [6.07, 6.45) is 0. The van der Waals surface area contributed by atoms with Crippen molar-refractivity contribution in [3.05, 3.63) is 88.7 Å². The fourth-order valence-corrected chi connectivity index (χ4v) is 3.19. The lowest BCUT2D eigenvalue weighted by molar-refractivity contribution is 0.0471. The van der Waals surface area contributed by atoms with Crippen molar-refractivity contribution in [1.82, 2.24) is 4.57 Å². The molecule has 144 valence electrons. The first-order valence-corrected chi connectivity index (χ1v) is 9.05. The summed E-state index contributed by atoms with van der Waals surface area (Å²) < 4.78 is 12.5. The third kappa shape index (κ3) is 4.14. The number of methoxy groups -OCH3 is 1. The maximum atomic E-state index is 12.7. The normalized spacial score (nSPS) is 10.5. The van der Waals surface area contributed by atoms with Crippen LogP contribution in [0.2, 0.25) is 0 Å². The van der Waals surface area contributed by atoms with E-state index in [1.807, 2.05) is 38.1 Å². The molecule has 0 radical (unpaired) electrons. The molecule has 3 aromatic rings. The fourth-order valence-electron chi connectivity index (χ4n) is 3.19. The van der Waals surface area contributed by atoms with Gasteiger partial charge in [0.25, 0.3) is 0 Å². The van der Waals surface area contributed by atoms with Crippen molar-refractivity contribution < 1.29 is 19.1 Å². The van der Waals surface area contributed by atoms with Crippen LogP contribution in [0.1, 0.15) is 37.7 Å². The van der Waals surface area contributed by atoms with E-state index in [0.29, 0.717) is 23.4 Å². The van der Waals surface area contributed by atoms with Gasteiger partial charge < -0.3 is 14.0 Å². The number of hydrogen-bond acceptors (Lipinski definition) is 4. The number of Topliss-reactive ketones (excluding diaryl/α,β-unsaturated/α-hetero) is 1. The van der Waals surface area contributed by atoms with E-state index in [1.54, 1.807) is 24.3 Å². The maximum absolute atomic E-state index is 12.7. The lowest BCUT2D eigenvalue weighted by Crippen LogP contribution is -2.15. The monoisotopic (exact) mass is 377 g/mol. The second-order valence-corrected chi connectivity index (χ2v) is 6.56. The number of nitrogens with zero attached hydrogens (tertiary/aromatic N) is 1. The highest BCUT2D eigenvalue weighted by Gasteiger charge is 2.19. The van der Waals surface area contributed by atoms with Crippen molar-refractivity contribution >= 4 is 11.8 Å². The molecule has 0 unspecified atom stereocenters. The van der Waals surface area contributed by atoms with Gasteiger partial charge in [-0.3, -0.25) is 4.79 Å². The van der Waals surface area contributed by atoms with E-state index in [1.165, 1.54) is 7.11 Å². The number of hydrogen-bond donors (Lipinski definition) is 0. The third-order valence-corrected chi connectivity index (χ3v) is 4.72. The molecule has 5 nitrogen and oxygen atoms in total. The molecule has 28 heavy (non-hydrogen) atoms. The van der Waals surface area contributed by atoms with Crippen molar-refractivity contribution in [2.24, 2.45) is 0 Å². The van der Waals surface area contributed by atoms with Crippen molar-refractivity contribution in [3.63, 3.8) is 0 Å². The van der Waals surface area contributed by atoms with Gasteiger partial charge in [-0.25, -0.2) is 4.79 Å². The second-order valence-electron chi connectivity index (χ2n) is 6.56. The van der Waals surface area contributed by atoms with Gasteiger partial charge in [0.2, 0.25) is 5.78 Å². The largest absolute Gasteiger partial charge is 0.496 e. The number of carbonyl (C=O) groups excluding carboxylic acids is 2. The summed E-state index contributed by atoms with van der Waals surface area (Å²) in [5.74, 6) is -0.388. The van der Waals surface area contributed by atoms with Crippen LogP contribution in [-0.2, 0) is 11.3 Å². The molecule has 0 saturated carbocycles. The van der Waals surface area contributed by atoms with Crippen molar-refractivity contribution in [2.75, 3.05) is 13.7 Å². The van der Waals surface area contributed by atoms with Crippen LogP contribution in [0.5, 0.6) is 5.75 Å². The van der Waals surface area contributed by atoms with Gasteiger partial charge >= 0.3 is 5.97 Å². The standard InChI is InChI=1S/C23H23NO4/c1-16-13-20(17(2)24(16)14-18-9-5-4-6-10-18)21(25)15-28-23(26)19-11-7-8-12-22(19)27-3/h4-13H,14-15H2,1-3H3. The van der Waals surface area contributed by atoms with Gasteiger partial charge in [0.1, 0.15) is 11.3 Å². The van der Waals surface area contributed by atoms with Crippen molar-refractivity contribution in [1.29, 1.82) is 0 Å². The van der Waals surface area contributed by atoms with Crippen molar-refractivity contribution in [2.45, 2.75) is 20.4 Å². The number of esters is 1. The van der Waals surface area contributed by atoms with E-state index in [4.69, 9.17) is 9.47 Å². The summed E-state index contributed by atoms with van der Waals surface area (Å²) in [7, 11) is 1.48. The summed E-state index contributed by atoms with van der Waals surface area (Å²) in [6.45, 7) is 4.25. The van der Waals surface area contributed by atoms with E-state index in [-0.39, 0.29) is 12.4 Å². The average Bonchev–Trinajstić information content (AvgIpc) is 3.00. The topological polar surface area (TPSA) is 57.5 Å². The smallest absolute Gasteiger partial charge is 0.342 e. The molecule has 0 spiro atoms. The zero-order chi connectivity index (χ0) is 20.1. The van der Waals surface area contributed by atoms with Gasteiger partial charge in [-0.05, 0) is 37.6 Å². The highest BCUT2D eigenvalue weighted by Crippen LogP contribution is 2.20. The van der Waals surface area contributed by atoms with Crippen molar-refractivity contribution in [3.8, 4) is 5.75 Å². The van der Waals surface area contributed by atoms with Gasteiger partial charge in [-0.15, -0.1) is 0 Å². The molecule has 1 aromatic heterocycles. The van der Waals surface area contributed by atoms with Crippen LogP contribution >= 0.6 is 0 Å². The summed E-state index contributed by atoms with van der Waals surface area (Å²) in [5, 5.41) is 0. The van der Waals surface area contributed by atoms with Crippen LogP contribution in [-0.4, -0.2) is 30.0 Å². The summed E-state index contributed by atoms with van der Waals surface area (Å²) >= 11 is 0. The lowest BCUT2D eigenvalue weighted by Gasteiger charge is -2.10. The fraction of sp³-hybridized carbons (Fsp3) is 0.217. The maximum Gasteiger partial charge on any atom is 0.342 e. The first-order chi connectivity index (χ1) is 13.5. The summed E-state index contributed by atoms with van der Waals surface area (Å²) in [5.41, 5.74) is 3.87. The number of rotatable bonds is 7. The first-order valence-electron chi connectivity index (χ1n) is 9.05. The number of para-hydroxylation sites is 1. The van der Waals surface area contributed by atoms with E-state index in [2.05, 4.69) is 16.7 Å². The minimum absolute atomic E-state index is 0.226. The Kier molecular flexibility index (Phi) is 5.94. The lowest BCUT2D eigenvalue weighted by atomic mass is 10.1. The number of ketones is 1. The van der Waals surface area contributed by atoms with Gasteiger partial charge in [0.05, 0.1) is 7.11 Å². The molecule has 0 aliphatic rings. The SMILES string of the molecule is COc1ccccc1C(=O)OCC(=O)c1cc(C)n(Cc2ccccc2)c1C. The predicted molar refractivity (Wildman–Crippen MR) is 107 cm³/mol. The molecule has 2 aromatic carbocycles. The van der Waals surface area contributed by atoms with E-state index >= 15 is 0 Å². The molecule has 5 heteroatoms. The van der Waals surface area contributed by atoms with Crippen LogP contribution in [0.25, 0.3) is 0 Å². The highest BCUT2D eigenvalue weighted by molar-refractivity contribution is 6.01. The Hall–Kier alpha value is -3.34. The molecule has 3 rings (SSSR count). The number of benzene rings is 2. The Balaban J connectivity index is 1.71. The number of ether oxygens (including phenoxy) is 2. The number of aromatic nitrogens is 1. The van der Waals surface area contributed by atoms with Crippen LogP contribution in [0, 0.1) is 13.8 Å². The molecule has 0 bridgehead atoms. The van der Waals surface area contributed by atoms with Gasteiger partial charge in [0, 0.05) is 23.5 Å². The molecule has 0 aliphatic carbocycles. The Labute approximate surface area is 164 Å². The van der Waals surface area contributed by atoms with E-state index in [0.717, 1.165) is 17.0 Å². The summed E-state index contributed by atoms with van der Waals surface area (Å²) in [6, 6.07) is 18.7. The third-order valence-electron chi connectivity index (χ3n) is 4.72. The number of carbonyl (C=O) groups is 2. The van der Waals surface area contributed by atoms with Gasteiger partial charge in [0.15, 0.2) is 6.61 Å². The minimum atomic E-state index is -0.580. The van der Waals surface area contributed by atoms with Gasteiger partial charge in [-0.2, -0.15) is 0 Å². The molecule has 0 saturated heterocycles. The minimum Gasteiger partial charge on any atom is -0.496 e. The zero-order valence-corrected chi connectivity index (χ0v) is 16.3. The highest BCUT2D eigenvalue weighted by atomic mass is 16.5. The molecule has 0 N–H and O–H groups in total. The molecule has 0 fully saturated rings. The van der Waals surface area contributed by atoms with Crippen LogP contribution in [0.4, 0.5) is 0 Å². The number of aryl methyl sites for hydroxylation is 1. The zero-order valence-electron chi connectivity index (χ0n) is 16.3. The first kappa shape index (κ1) is 19.4. The molecular weight excluding hydrogens is 354 g/mol. The molecule has 0 aliphatic heterocycles. The van der Waals surface area contributed by atoms with Crippen LogP contribution < -0.4 is 4.74 Å². The Morgan fingerprint density at radius 1 is 0.929 bits per heavy atom.